The van der Waals surface area contributed by atoms with E-state index in [1.807, 2.05) is 41.4 Å². The summed E-state index contributed by atoms with van der Waals surface area (Å²) >= 11 is 0. The van der Waals surface area contributed by atoms with Gasteiger partial charge in [0.05, 0.1) is 42.0 Å². The van der Waals surface area contributed by atoms with Gasteiger partial charge < -0.3 is 15.0 Å². The second-order valence-corrected chi connectivity index (χ2v) is 13.9. The van der Waals surface area contributed by atoms with Crippen LogP contribution in [0.2, 0.25) is 0 Å². The van der Waals surface area contributed by atoms with Crippen LogP contribution in [-0.4, -0.2) is 93.2 Å². The Bertz CT molecular complexity index is 2180. The highest BCUT2D eigenvalue weighted by Crippen LogP contribution is 2.40. The third kappa shape index (κ3) is 6.81. The predicted octanol–water partition coefficient (Wildman–Crippen LogP) is 5.83. The Morgan fingerprint density at radius 2 is 1.87 bits per heavy atom. The molecule has 1 saturated carbocycles. The van der Waals surface area contributed by atoms with Crippen LogP contribution in [0.15, 0.2) is 73.2 Å². The fraction of sp³-hybridized carbons (Fsp3) is 0.333. The van der Waals surface area contributed by atoms with E-state index in [2.05, 4.69) is 36.5 Å². The highest BCUT2D eigenvalue weighted by Gasteiger charge is 2.45. The number of aromatic amines is 1. The lowest BCUT2D eigenvalue weighted by atomic mass is 9.87. The van der Waals surface area contributed by atoms with E-state index >= 15 is 0 Å². The number of amides is 2. The number of benzene rings is 2. The maximum absolute atomic E-state index is 15.0. The zero-order valence-electron chi connectivity index (χ0n) is 28.7. The second kappa shape index (κ2) is 14.0. The lowest BCUT2D eigenvalue weighted by molar-refractivity contribution is -0.133. The number of carbonyl (C=O) groups is 2. The first-order valence-electron chi connectivity index (χ1n) is 17.5. The van der Waals surface area contributed by atoms with Crippen LogP contribution in [0.25, 0.3) is 39.1 Å². The first kappa shape index (κ1) is 33.7. The van der Waals surface area contributed by atoms with E-state index in [1.165, 1.54) is 6.07 Å². The standard InChI is InChI=1S/C39H38F2N8O3/c1-52-23-39(38(51)45-29-5-7-33-31(18-29)36(47-46-33)27-8-12-42-34(17-27)25-2-3-25)11-15-48(22-39)21-35(50)49-13-9-24(10-14-49)26-4-6-30(32(41)16-26)37-43-19-28(40)20-44-37/h4-9,12,16-20,25H,2-3,10-11,13-15,21-23H2,1H3,(H,45,51)(H,46,47)/t39-/m0/s1. The number of pyridine rings is 1. The van der Waals surface area contributed by atoms with Crippen LogP contribution in [0.1, 0.15) is 42.9 Å². The molecule has 11 nitrogen and oxygen atoms in total. The summed E-state index contributed by atoms with van der Waals surface area (Å²) in [4.78, 5) is 43.4. The largest absolute Gasteiger partial charge is 0.384 e. The number of rotatable bonds is 10. The van der Waals surface area contributed by atoms with E-state index in [9.17, 15) is 18.4 Å². The topological polar surface area (TPSA) is 129 Å². The molecule has 0 bridgehead atoms. The van der Waals surface area contributed by atoms with Gasteiger partial charge in [0.15, 0.2) is 11.6 Å². The molecule has 266 valence electrons. The van der Waals surface area contributed by atoms with Crippen molar-refractivity contribution in [3.8, 4) is 22.6 Å². The summed E-state index contributed by atoms with van der Waals surface area (Å²) in [6.07, 6.45) is 9.23. The Kier molecular flexibility index (Phi) is 9.06. The summed E-state index contributed by atoms with van der Waals surface area (Å²) in [5.74, 6) is -0.630. The Balaban J connectivity index is 0.900. The molecule has 13 heteroatoms. The minimum atomic E-state index is -0.822. The number of ether oxygens (including phenoxy) is 1. The fourth-order valence-electron chi connectivity index (χ4n) is 7.31. The fourth-order valence-corrected chi connectivity index (χ4v) is 7.31. The maximum atomic E-state index is 15.0. The Morgan fingerprint density at radius 1 is 1.02 bits per heavy atom. The molecule has 2 aromatic carbocycles. The van der Waals surface area contributed by atoms with Gasteiger partial charge in [-0.25, -0.2) is 18.7 Å². The Labute approximate surface area is 299 Å². The van der Waals surface area contributed by atoms with Gasteiger partial charge in [-0.3, -0.25) is 24.6 Å². The Morgan fingerprint density at radius 3 is 2.62 bits per heavy atom. The molecule has 1 saturated heterocycles. The first-order valence-corrected chi connectivity index (χ1v) is 17.5. The monoisotopic (exact) mass is 704 g/mol. The van der Waals surface area contributed by atoms with Crippen LogP contribution in [0.4, 0.5) is 14.5 Å². The number of hydrogen-bond acceptors (Lipinski definition) is 8. The molecule has 5 aromatic rings. The number of likely N-dealkylation sites (tertiary alicyclic amines) is 1. The van der Waals surface area contributed by atoms with E-state index in [4.69, 9.17) is 4.74 Å². The molecule has 2 fully saturated rings. The van der Waals surface area contributed by atoms with Crippen molar-refractivity contribution in [2.75, 3.05) is 51.8 Å². The molecule has 1 atom stereocenters. The molecule has 8 rings (SSSR count). The van der Waals surface area contributed by atoms with Gasteiger partial charge >= 0.3 is 0 Å². The number of methoxy groups -OCH3 is 1. The van der Waals surface area contributed by atoms with Gasteiger partial charge in [-0.2, -0.15) is 5.10 Å². The average molecular weight is 705 g/mol. The van der Waals surface area contributed by atoms with Crippen LogP contribution in [-0.2, 0) is 14.3 Å². The number of halogens is 2. The molecule has 2 aliphatic heterocycles. The van der Waals surface area contributed by atoms with E-state index in [0.29, 0.717) is 56.2 Å². The molecular weight excluding hydrogens is 666 g/mol. The van der Waals surface area contributed by atoms with Crippen molar-refractivity contribution in [1.82, 2.24) is 34.9 Å². The van der Waals surface area contributed by atoms with Crippen molar-refractivity contribution in [3.63, 3.8) is 0 Å². The van der Waals surface area contributed by atoms with Crippen LogP contribution in [0.3, 0.4) is 0 Å². The summed E-state index contributed by atoms with van der Waals surface area (Å²) in [5, 5.41) is 11.7. The zero-order valence-corrected chi connectivity index (χ0v) is 28.7. The molecule has 0 unspecified atom stereocenters. The highest BCUT2D eigenvalue weighted by atomic mass is 19.1. The van der Waals surface area contributed by atoms with Gasteiger partial charge in [0.25, 0.3) is 0 Å². The number of aromatic nitrogens is 5. The molecule has 2 amide bonds. The number of nitrogens with zero attached hydrogens (tertiary/aromatic N) is 6. The lowest BCUT2D eigenvalue weighted by Gasteiger charge is -2.30. The van der Waals surface area contributed by atoms with Crippen LogP contribution in [0.5, 0.6) is 0 Å². The SMILES string of the molecule is COC[C@]1(C(=O)Nc2ccc3[nH]nc(-c4ccnc(C5CC5)c4)c3c2)CCN(CC(=O)N2CC=C(c3ccc(-c4ncc(F)cn4)c(F)c3)CC2)C1. The van der Waals surface area contributed by atoms with Gasteiger partial charge in [0.2, 0.25) is 11.8 Å². The average Bonchev–Trinajstić information content (AvgIpc) is 3.81. The maximum Gasteiger partial charge on any atom is 0.237 e. The Hall–Kier alpha value is -5.40. The second-order valence-electron chi connectivity index (χ2n) is 13.9. The van der Waals surface area contributed by atoms with E-state index in [1.54, 1.807) is 24.1 Å². The molecule has 1 aliphatic carbocycles. The van der Waals surface area contributed by atoms with Crippen LogP contribution >= 0.6 is 0 Å². The van der Waals surface area contributed by atoms with Crippen LogP contribution < -0.4 is 5.32 Å². The number of anilines is 1. The van der Waals surface area contributed by atoms with Crippen molar-refractivity contribution >= 4 is 34.0 Å². The highest BCUT2D eigenvalue weighted by molar-refractivity contribution is 6.00. The number of nitrogens with one attached hydrogen (secondary N) is 2. The van der Waals surface area contributed by atoms with Gasteiger partial charge in [0, 0.05) is 61.2 Å². The summed E-state index contributed by atoms with van der Waals surface area (Å²) in [6.45, 7) is 2.26. The van der Waals surface area contributed by atoms with Gasteiger partial charge in [-0.05, 0) is 85.8 Å². The minimum absolute atomic E-state index is 0.0298. The zero-order chi connectivity index (χ0) is 35.8. The van der Waals surface area contributed by atoms with Gasteiger partial charge in [0.1, 0.15) is 11.5 Å². The molecular formula is C39H38F2N8O3. The van der Waals surface area contributed by atoms with Gasteiger partial charge in [-0.15, -0.1) is 0 Å². The number of carbonyl (C=O) groups excluding carboxylic acids is 2. The van der Waals surface area contributed by atoms with Gasteiger partial charge in [-0.1, -0.05) is 12.1 Å². The molecule has 3 aromatic heterocycles. The summed E-state index contributed by atoms with van der Waals surface area (Å²) < 4.78 is 33.7. The van der Waals surface area contributed by atoms with Crippen molar-refractivity contribution in [1.29, 1.82) is 0 Å². The van der Waals surface area contributed by atoms with Crippen LogP contribution in [0, 0.1) is 17.0 Å². The lowest BCUT2D eigenvalue weighted by Crippen LogP contribution is -2.45. The summed E-state index contributed by atoms with van der Waals surface area (Å²) in [5.41, 5.74) is 5.45. The quantitative estimate of drug-likeness (QED) is 0.186. The molecule has 0 spiro atoms. The first-order chi connectivity index (χ1) is 25.3. The van der Waals surface area contributed by atoms with Crippen molar-refractivity contribution < 1.29 is 23.1 Å². The summed E-state index contributed by atoms with van der Waals surface area (Å²) in [6, 6.07) is 14.6. The molecule has 0 radical (unpaired) electrons. The normalized spacial score (nSPS) is 19.2. The number of fused-ring (bicyclic) bond motifs is 1. The third-order valence-electron chi connectivity index (χ3n) is 10.3. The third-order valence-corrected chi connectivity index (χ3v) is 10.3. The van der Waals surface area contributed by atoms with E-state index in [0.717, 1.165) is 58.7 Å². The predicted molar refractivity (Wildman–Crippen MR) is 192 cm³/mol. The van der Waals surface area contributed by atoms with E-state index < -0.39 is 17.0 Å². The minimum Gasteiger partial charge on any atom is -0.384 e. The molecule has 5 heterocycles. The summed E-state index contributed by atoms with van der Waals surface area (Å²) in [7, 11) is 1.59. The van der Waals surface area contributed by atoms with Crippen molar-refractivity contribution in [2.24, 2.45) is 5.41 Å². The van der Waals surface area contributed by atoms with Crippen molar-refractivity contribution in [2.45, 2.75) is 31.6 Å². The number of hydrogen-bond donors (Lipinski definition) is 2. The van der Waals surface area contributed by atoms with E-state index in [-0.39, 0.29) is 36.4 Å². The van der Waals surface area contributed by atoms with Crippen molar-refractivity contribution in [3.05, 3.63) is 96.1 Å². The smallest absolute Gasteiger partial charge is 0.237 e. The molecule has 52 heavy (non-hydrogen) atoms. The molecule has 3 aliphatic rings. The molecule has 2 N–H and O–H groups in total. The number of H-pyrrole nitrogens is 1.